The zero-order chi connectivity index (χ0) is 20.9. The van der Waals surface area contributed by atoms with Crippen molar-refractivity contribution in [1.82, 2.24) is 0 Å². The van der Waals surface area contributed by atoms with Crippen LogP contribution in [0.3, 0.4) is 0 Å². The van der Waals surface area contributed by atoms with Crippen molar-refractivity contribution in [3.63, 3.8) is 0 Å². The second kappa shape index (κ2) is 9.50. The molecule has 3 N–H and O–H groups in total. The lowest BCUT2D eigenvalue weighted by atomic mass is 10.0. The van der Waals surface area contributed by atoms with Crippen LogP contribution in [0.15, 0.2) is 53.4 Å². The van der Waals surface area contributed by atoms with Crippen molar-refractivity contribution in [3.8, 4) is 0 Å². The summed E-state index contributed by atoms with van der Waals surface area (Å²) in [5.41, 5.74) is 8.07. The summed E-state index contributed by atoms with van der Waals surface area (Å²) < 4.78 is 33.6. The SMILES string of the molecule is CC(C)CN(c1ccccc1)S(=O)(=O)c1ccc(NCC2CCOCC2)c(N)c1. The summed E-state index contributed by atoms with van der Waals surface area (Å²) in [7, 11) is -3.71. The van der Waals surface area contributed by atoms with Crippen LogP contribution < -0.4 is 15.4 Å². The number of nitrogens with zero attached hydrogens (tertiary/aromatic N) is 1. The van der Waals surface area contributed by atoms with Crippen molar-refractivity contribution in [2.24, 2.45) is 11.8 Å². The molecule has 0 radical (unpaired) electrons. The molecule has 2 aromatic carbocycles. The second-order valence-electron chi connectivity index (χ2n) is 7.95. The first-order valence-corrected chi connectivity index (χ1v) is 11.6. The number of nitrogen functional groups attached to an aromatic ring is 1. The molecule has 0 saturated carbocycles. The maximum absolute atomic E-state index is 13.4. The number of rotatable bonds is 8. The molecule has 0 unspecified atom stereocenters. The van der Waals surface area contributed by atoms with E-state index in [-0.39, 0.29) is 10.8 Å². The average molecular weight is 418 g/mol. The van der Waals surface area contributed by atoms with Gasteiger partial charge in [0.25, 0.3) is 10.0 Å². The van der Waals surface area contributed by atoms with Crippen LogP contribution in [0, 0.1) is 11.8 Å². The summed E-state index contributed by atoms with van der Waals surface area (Å²) in [6, 6.07) is 14.1. The minimum atomic E-state index is -3.71. The first-order chi connectivity index (χ1) is 13.9. The molecule has 2 aromatic rings. The molecule has 158 valence electrons. The van der Waals surface area contributed by atoms with Gasteiger partial charge in [0.1, 0.15) is 0 Å². The third-order valence-corrected chi connectivity index (χ3v) is 6.90. The number of para-hydroxylation sites is 1. The number of hydrogen-bond donors (Lipinski definition) is 2. The Morgan fingerprint density at radius 3 is 2.45 bits per heavy atom. The topological polar surface area (TPSA) is 84.7 Å². The van der Waals surface area contributed by atoms with Gasteiger partial charge in [-0.1, -0.05) is 32.0 Å². The molecule has 0 atom stereocenters. The van der Waals surface area contributed by atoms with E-state index >= 15 is 0 Å². The van der Waals surface area contributed by atoms with Gasteiger partial charge in [-0.3, -0.25) is 4.31 Å². The maximum atomic E-state index is 13.4. The van der Waals surface area contributed by atoms with Gasteiger partial charge in [-0.25, -0.2) is 8.42 Å². The zero-order valence-electron chi connectivity index (χ0n) is 17.2. The molecule has 0 bridgehead atoms. The number of nitrogens with two attached hydrogens (primary N) is 1. The first-order valence-electron chi connectivity index (χ1n) is 10.2. The van der Waals surface area contributed by atoms with Crippen LogP contribution in [0.1, 0.15) is 26.7 Å². The Hall–Kier alpha value is -2.25. The smallest absolute Gasteiger partial charge is 0.264 e. The van der Waals surface area contributed by atoms with Gasteiger partial charge >= 0.3 is 0 Å². The Kier molecular flexibility index (Phi) is 7.03. The number of sulfonamides is 1. The zero-order valence-corrected chi connectivity index (χ0v) is 18.0. The fraction of sp³-hybridized carbons (Fsp3) is 0.455. The van der Waals surface area contributed by atoms with E-state index in [1.165, 1.54) is 4.31 Å². The fourth-order valence-corrected chi connectivity index (χ4v) is 5.13. The Morgan fingerprint density at radius 1 is 1.14 bits per heavy atom. The molecule has 1 aliphatic heterocycles. The molecule has 3 rings (SSSR count). The molecule has 1 fully saturated rings. The van der Waals surface area contributed by atoms with Gasteiger partial charge < -0.3 is 15.8 Å². The minimum absolute atomic E-state index is 0.183. The van der Waals surface area contributed by atoms with Gasteiger partial charge in [0.15, 0.2) is 0 Å². The van der Waals surface area contributed by atoms with Crippen LogP contribution in [0.4, 0.5) is 17.1 Å². The van der Waals surface area contributed by atoms with Gasteiger partial charge in [-0.05, 0) is 55.0 Å². The highest BCUT2D eigenvalue weighted by molar-refractivity contribution is 7.92. The van der Waals surface area contributed by atoms with Gasteiger partial charge in [0.05, 0.1) is 22.0 Å². The van der Waals surface area contributed by atoms with Gasteiger partial charge in [-0.2, -0.15) is 0 Å². The predicted octanol–water partition coefficient (Wildman–Crippen LogP) is 3.96. The lowest BCUT2D eigenvalue weighted by molar-refractivity contribution is 0.0699. The van der Waals surface area contributed by atoms with Gasteiger partial charge in [0.2, 0.25) is 0 Å². The summed E-state index contributed by atoms with van der Waals surface area (Å²) in [4.78, 5) is 0.205. The van der Waals surface area contributed by atoms with E-state index in [4.69, 9.17) is 10.5 Å². The average Bonchev–Trinajstić information content (AvgIpc) is 2.72. The van der Waals surface area contributed by atoms with Crippen molar-refractivity contribution >= 4 is 27.1 Å². The highest BCUT2D eigenvalue weighted by atomic mass is 32.2. The third kappa shape index (κ3) is 5.42. The number of anilines is 3. The van der Waals surface area contributed by atoms with Crippen LogP contribution in [0.5, 0.6) is 0 Å². The molecule has 0 spiro atoms. The predicted molar refractivity (Wildman–Crippen MR) is 119 cm³/mol. The molecular formula is C22H31N3O3S. The van der Waals surface area contributed by atoms with Crippen molar-refractivity contribution < 1.29 is 13.2 Å². The van der Waals surface area contributed by atoms with Crippen LogP contribution in [0.2, 0.25) is 0 Å². The lowest BCUT2D eigenvalue weighted by Gasteiger charge is -2.27. The summed E-state index contributed by atoms with van der Waals surface area (Å²) in [6.45, 7) is 6.81. The Bertz CT molecular complexity index is 895. The highest BCUT2D eigenvalue weighted by Crippen LogP contribution is 2.29. The maximum Gasteiger partial charge on any atom is 0.264 e. The van der Waals surface area contributed by atoms with Crippen LogP contribution >= 0.6 is 0 Å². The monoisotopic (exact) mass is 417 g/mol. The molecule has 0 aliphatic carbocycles. The van der Waals surface area contributed by atoms with E-state index in [2.05, 4.69) is 5.32 Å². The fourth-order valence-electron chi connectivity index (χ4n) is 3.46. The Labute approximate surface area is 174 Å². The first kappa shape index (κ1) is 21.5. The van der Waals surface area contributed by atoms with Crippen molar-refractivity contribution in [2.45, 2.75) is 31.6 Å². The van der Waals surface area contributed by atoms with Crippen molar-refractivity contribution in [3.05, 3.63) is 48.5 Å². The van der Waals surface area contributed by atoms with Crippen molar-refractivity contribution in [1.29, 1.82) is 0 Å². The molecule has 0 aromatic heterocycles. The second-order valence-corrected chi connectivity index (χ2v) is 9.81. The third-order valence-electron chi connectivity index (χ3n) is 5.11. The molecule has 29 heavy (non-hydrogen) atoms. The summed E-state index contributed by atoms with van der Waals surface area (Å²) in [6.07, 6.45) is 2.06. The molecule has 0 amide bonds. The van der Waals surface area contributed by atoms with E-state index in [0.717, 1.165) is 38.3 Å². The van der Waals surface area contributed by atoms with E-state index in [0.29, 0.717) is 23.8 Å². The standard InChI is InChI=1S/C22H31N3O3S/c1-17(2)16-25(19-6-4-3-5-7-19)29(26,27)20-8-9-22(21(23)14-20)24-15-18-10-12-28-13-11-18/h3-9,14,17-18,24H,10-13,15-16,23H2,1-2H3. The van der Waals surface area contributed by atoms with Crippen molar-refractivity contribution in [2.75, 3.05) is 41.7 Å². The molecule has 1 aliphatic rings. The number of benzene rings is 2. The van der Waals surface area contributed by atoms with E-state index in [1.54, 1.807) is 18.2 Å². The van der Waals surface area contributed by atoms with Gasteiger partial charge in [-0.15, -0.1) is 0 Å². The molecule has 7 heteroatoms. The molecule has 1 heterocycles. The molecule has 6 nitrogen and oxygen atoms in total. The van der Waals surface area contributed by atoms with Crippen LogP contribution in [0.25, 0.3) is 0 Å². The quantitative estimate of drug-likeness (QED) is 0.635. The van der Waals surface area contributed by atoms with Crippen LogP contribution in [-0.4, -0.2) is 34.7 Å². The Balaban J connectivity index is 1.80. The summed E-state index contributed by atoms with van der Waals surface area (Å²) in [5, 5.41) is 3.37. The number of nitrogens with one attached hydrogen (secondary N) is 1. The normalized spacial score (nSPS) is 15.4. The Morgan fingerprint density at radius 2 is 1.83 bits per heavy atom. The summed E-state index contributed by atoms with van der Waals surface area (Å²) in [5.74, 6) is 0.730. The number of ether oxygens (including phenoxy) is 1. The largest absolute Gasteiger partial charge is 0.397 e. The van der Waals surface area contributed by atoms with Gasteiger partial charge in [0, 0.05) is 26.3 Å². The van der Waals surface area contributed by atoms with E-state index in [1.807, 2.05) is 44.2 Å². The highest BCUT2D eigenvalue weighted by Gasteiger charge is 2.26. The molecule has 1 saturated heterocycles. The van der Waals surface area contributed by atoms with E-state index < -0.39 is 10.0 Å². The van der Waals surface area contributed by atoms with E-state index in [9.17, 15) is 8.42 Å². The minimum Gasteiger partial charge on any atom is -0.397 e. The number of hydrogen-bond acceptors (Lipinski definition) is 5. The lowest BCUT2D eigenvalue weighted by Crippen LogP contribution is -2.34. The summed E-state index contributed by atoms with van der Waals surface area (Å²) >= 11 is 0. The van der Waals surface area contributed by atoms with Crippen LogP contribution in [-0.2, 0) is 14.8 Å². The molecular weight excluding hydrogens is 386 g/mol.